The van der Waals surface area contributed by atoms with Crippen LogP contribution in [0.2, 0.25) is 0 Å². The van der Waals surface area contributed by atoms with Crippen LogP contribution in [0.1, 0.15) is 0 Å². The highest BCUT2D eigenvalue weighted by molar-refractivity contribution is 6.20. The molecule has 0 bridgehead atoms. The van der Waals surface area contributed by atoms with Gasteiger partial charge in [-0.1, -0.05) is 218 Å². The van der Waals surface area contributed by atoms with Gasteiger partial charge in [0, 0.05) is 33.2 Å². The quantitative estimate of drug-likeness (QED) is 0.118. The van der Waals surface area contributed by atoms with Crippen molar-refractivity contribution in [2.75, 3.05) is 0 Å². The average molecular weight is 902 g/mol. The van der Waals surface area contributed by atoms with Crippen LogP contribution in [-0.4, -0.2) is 14.5 Å². The SMILES string of the molecule is c1ccc(-c2nc(-c3ccc(-c4ccc(-c5ccc(-c6c7ccccc7cc7c6ccc6ccccc67)cc5)c5ccccc45)cc3)cc(-c3ccc4c(c3)c3ccccc3n4-c3ccccc3)n2)cc1. The lowest BCUT2D eigenvalue weighted by Gasteiger charge is -2.15. The van der Waals surface area contributed by atoms with E-state index in [1.54, 1.807) is 0 Å². The molecule has 2 aromatic heterocycles. The van der Waals surface area contributed by atoms with Crippen LogP contribution in [0.3, 0.4) is 0 Å². The molecular formula is C68H43N3. The predicted octanol–water partition coefficient (Wildman–Crippen LogP) is 18.2. The van der Waals surface area contributed by atoms with Crippen molar-refractivity contribution in [1.82, 2.24) is 14.5 Å². The van der Waals surface area contributed by atoms with E-state index in [1.807, 2.05) is 18.2 Å². The van der Waals surface area contributed by atoms with Crippen LogP contribution >= 0.6 is 0 Å². The summed E-state index contributed by atoms with van der Waals surface area (Å²) in [7, 11) is 0. The fourth-order valence-corrected chi connectivity index (χ4v) is 11.0. The molecule has 0 atom stereocenters. The fraction of sp³-hybridized carbons (Fsp3) is 0. The molecule has 12 aromatic carbocycles. The number of nitrogens with zero attached hydrogens (tertiary/aromatic N) is 3. The third-order valence-electron chi connectivity index (χ3n) is 14.4. The Morgan fingerprint density at radius 1 is 0.254 bits per heavy atom. The van der Waals surface area contributed by atoms with Gasteiger partial charge in [-0.3, -0.25) is 0 Å². The topological polar surface area (TPSA) is 30.7 Å². The maximum Gasteiger partial charge on any atom is 0.160 e. The third-order valence-corrected chi connectivity index (χ3v) is 14.4. The maximum atomic E-state index is 5.22. The van der Waals surface area contributed by atoms with Gasteiger partial charge in [0.2, 0.25) is 0 Å². The minimum Gasteiger partial charge on any atom is -0.309 e. The first-order chi connectivity index (χ1) is 35.2. The van der Waals surface area contributed by atoms with E-state index in [0.717, 1.165) is 44.8 Å². The number of para-hydroxylation sites is 2. The fourth-order valence-electron chi connectivity index (χ4n) is 11.0. The van der Waals surface area contributed by atoms with E-state index in [9.17, 15) is 0 Å². The molecule has 71 heavy (non-hydrogen) atoms. The van der Waals surface area contributed by atoms with Crippen LogP contribution in [0, 0.1) is 0 Å². The van der Waals surface area contributed by atoms with Gasteiger partial charge < -0.3 is 4.57 Å². The van der Waals surface area contributed by atoms with Crippen LogP contribution < -0.4 is 0 Å². The van der Waals surface area contributed by atoms with Crippen LogP contribution in [0.15, 0.2) is 261 Å². The number of aromatic nitrogens is 3. The van der Waals surface area contributed by atoms with Gasteiger partial charge in [-0.05, 0) is 119 Å². The first-order valence-electron chi connectivity index (χ1n) is 24.3. The molecule has 0 spiro atoms. The van der Waals surface area contributed by atoms with E-state index < -0.39 is 0 Å². The second kappa shape index (κ2) is 16.7. The molecule has 0 saturated carbocycles. The Bertz CT molecular complexity index is 4360. The molecule has 14 rings (SSSR count). The monoisotopic (exact) mass is 901 g/mol. The van der Waals surface area contributed by atoms with Crippen LogP contribution in [-0.2, 0) is 0 Å². The lowest BCUT2D eigenvalue weighted by molar-refractivity contribution is 1.18. The van der Waals surface area contributed by atoms with Crippen LogP contribution in [0.4, 0.5) is 0 Å². The summed E-state index contributed by atoms with van der Waals surface area (Å²) in [5.41, 5.74) is 15.5. The Balaban J connectivity index is 0.826. The molecule has 0 saturated heterocycles. The average Bonchev–Trinajstić information content (AvgIpc) is 3.78. The van der Waals surface area contributed by atoms with Crippen molar-refractivity contribution >= 4 is 64.9 Å². The molecule has 0 amide bonds. The predicted molar refractivity (Wildman–Crippen MR) is 299 cm³/mol. The van der Waals surface area contributed by atoms with E-state index in [4.69, 9.17) is 9.97 Å². The molecule has 0 radical (unpaired) electrons. The zero-order valence-electron chi connectivity index (χ0n) is 38.7. The number of hydrogen-bond acceptors (Lipinski definition) is 2. The second-order valence-electron chi connectivity index (χ2n) is 18.5. The van der Waals surface area contributed by atoms with E-state index in [2.05, 4.69) is 247 Å². The Morgan fingerprint density at radius 3 is 1.48 bits per heavy atom. The maximum absolute atomic E-state index is 5.22. The van der Waals surface area contributed by atoms with Crippen molar-refractivity contribution < 1.29 is 0 Å². The highest BCUT2D eigenvalue weighted by Gasteiger charge is 2.18. The Kier molecular flexibility index (Phi) is 9.53. The van der Waals surface area contributed by atoms with Gasteiger partial charge in [0.05, 0.1) is 22.4 Å². The van der Waals surface area contributed by atoms with E-state index in [-0.39, 0.29) is 0 Å². The Hall–Kier alpha value is -9.44. The Morgan fingerprint density at radius 2 is 0.775 bits per heavy atom. The summed E-state index contributed by atoms with van der Waals surface area (Å²) >= 11 is 0. The normalized spacial score (nSPS) is 11.7. The number of benzene rings is 12. The third kappa shape index (κ3) is 6.89. The van der Waals surface area contributed by atoms with Gasteiger partial charge in [0.25, 0.3) is 0 Å². The zero-order valence-corrected chi connectivity index (χ0v) is 38.7. The number of fused-ring (bicyclic) bond motifs is 8. The van der Waals surface area contributed by atoms with Crippen LogP contribution in [0.5, 0.6) is 0 Å². The van der Waals surface area contributed by atoms with Gasteiger partial charge in [-0.2, -0.15) is 0 Å². The first-order valence-corrected chi connectivity index (χ1v) is 24.3. The standard InChI is InChI=1S/C68H43N3/c1-3-16-49(17-4-1)68-69-63(43-64(70-68)51-36-40-66-62(42-51)59-25-13-14-26-65(59)71(66)52-19-5-2-6-20-52)47-31-27-45(28-32-47)54-38-39-55(58-24-12-11-23-57(54)58)46-29-33-48(34-30-46)67-56-22-10-8-18-50(56)41-61-53-21-9-7-15-44(53)35-37-60(61)67/h1-43H. The molecule has 0 unspecified atom stereocenters. The van der Waals surface area contributed by atoms with Crippen LogP contribution in [0.25, 0.3) is 138 Å². The van der Waals surface area contributed by atoms with Gasteiger partial charge in [-0.15, -0.1) is 0 Å². The summed E-state index contributed by atoms with van der Waals surface area (Å²) in [6.07, 6.45) is 0. The van der Waals surface area contributed by atoms with Crippen molar-refractivity contribution in [3.63, 3.8) is 0 Å². The molecule has 330 valence electrons. The smallest absolute Gasteiger partial charge is 0.160 e. The van der Waals surface area contributed by atoms with Crippen molar-refractivity contribution in [2.45, 2.75) is 0 Å². The summed E-state index contributed by atoms with van der Waals surface area (Å²) in [4.78, 5) is 10.4. The van der Waals surface area contributed by atoms with E-state index in [1.165, 1.54) is 87.2 Å². The molecule has 0 aliphatic carbocycles. The second-order valence-corrected chi connectivity index (χ2v) is 18.5. The molecule has 3 heteroatoms. The highest BCUT2D eigenvalue weighted by Crippen LogP contribution is 2.42. The molecule has 0 fully saturated rings. The van der Waals surface area contributed by atoms with Gasteiger partial charge in [0.15, 0.2) is 5.82 Å². The summed E-state index contributed by atoms with van der Waals surface area (Å²) in [5.74, 6) is 0.697. The number of rotatable bonds is 7. The summed E-state index contributed by atoms with van der Waals surface area (Å²) in [6.45, 7) is 0. The zero-order chi connectivity index (χ0) is 46.8. The molecule has 0 aliphatic rings. The molecule has 2 heterocycles. The van der Waals surface area contributed by atoms with Crippen molar-refractivity contribution in [1.29, 1.82) is 0 Å². The molecular weight excluding hydrogens is 859 g/mol. The van der Waals surface area contributed by atoms with Gasteiger partial charge in [0.1, 0.15) is 0 Å². The molecule has 14 aromatic rings. The lowest BCUT2D eigenvalue weighted by atomic mass is 9.88. The highest BCUT2D eigenvalue weighted by atomic mass is 15.0. The summed E-state index contributed by atoms with van der Waals surface area (Å²) in [6, 6.07) is 94.2. The molecule has 3 nitrogen and oxygen atoms in total. The molecule has 0 N–H and O–H groups in total. The number of hydrogen-bond donors (Lipinski definition) is 0. The van der Waals surface area contributed by atoms with Gasteiger partial charge in [-0.25, -0.2) is 9.97 Å². The summed E-state index contributed by atoms with van der Waals surface area (Å²) in [5, 5.41) is 12.4. The minimum atomic E-state index is 0.697. The van der Waals surface area contributed by atoms with E-state index in [0.29, 0.717) is 5.82 Å². The Labute approximate surface area is 411 Å². The minimum absolute atomic E-state index is 0.697. The van der Waals surface area contributed by atoms with E-state index >= 15 is 0 Å². The molecule has 0 aliphatic heterocycles. The first kappa shape index (κ1) is 40.6. The lowest BCUT2D eigenvalue weighted by Crippen LogP contribution is -1.96. The van der Waals surface area contributed by atoms with Crippen molar-refractivity contribution in [2.24, 2.45) is 0 Å². The van der Waals surface area contributed by atoms with Crippen molar-refractivity contribution in [3.8, 4) is 73.0 Å². The largest absolute Gasteiger partial charge is 0.309 e. The summed E-state index contributed by atoms with van der Waals surface area (Å²) < 4.78 is 2.35. The van der Waals surface area contributed by atoms with Gasteiger partial charge >= 0.3 is 0 Å². The van der Waals surface area contributed by atoms with Crippen molar-refractivity contribution in [3.05, 3.63) is 261 Å².